The molecule has 0 aromatic rings. The van der Waals surface area contributed by atoms with Gasteiger partial charge in [0.2, 0.25) is 5.91 Å². The fourth-order valence-corrected chi connectivity index (χ4v) is 3.31. The van der Waals surface area contributed by atoms with Crippen LogP contribution in [0.5, 0.6) is 0 Å². The van der Waals surface area contributed by atoms with Crippen LogP contribution >= 0.6 is 0 Å². The van der Waals surface area contributed by atoms with E-state index in [4.69, 9.17) is 5.73 Å². The van der Waals surface area contributed by atoms with E-state index in [1.807, 2.05) is 4.90 Å². The lowest BCUT2D eigenvalue weighted by molar-refractivity contribution is -0.140. The number of carbonyl (C=O) groups is 1. The first kappa shape index (κ1) is 12.9. The zero-order chi connectivity index (χ0) is 12.5. The minimum absolute atomic E-state index is 0.217. The number of rotatable bonds is 2. The first-order valence-corrected chi connectivity index (χ1v) is 7.07. The highest BCUT2D eigenvalue weighted by Gasteiger charge is 2.42. The van der Waals surface area contributed by atoms with Crippen LogP contribution in [-0.4, -0.2) is 29.4 Å². The summed E-state index contributed by atoms with van der Waals surface area (Å²) in [6.07, 6.45) is 7.50. The van der Waals surface area contributed by atoms with Crippen LogP contribution in [-0.2, 0) is 4.79 Å². The number of piperidine rings is 1. The molecule has 0 aromatic carbocycles. The van der Waals surface area contributed by atoms with Gasteiger partial charge in [-0.3, -0.25) is 4.79 Å². The van der Waals surface area contributed by atoms with E-state index in [1.165, 1.54) is 6.42 Å². The summed E-state index contributed by atoms with van der Waals surface area (Å²) in [4.78, 5) is 14.6. The average Bonchev–Trinajstić information content (AvgIpc) is 2.76. The minimum Gasteiger partial charge on any atom is -0.341 e. The lowest BCUT2D eigenvalue weighted by atomic mass is 9.79. The Morgan fingerprint density at radius 2 is 1.88 bits per heavy atom. The van der Waals surface area contributed by atoms with Crippen molar-refractivity contribution < 1.29 is 4.79 Å². The summed E-state index contributed by atoms with van der Waals surface area (Å²) in [6, 6.07) is 0. The summed E-state index contributed by atoms with van der Waals surface area (Å²) in [5.41, 5.74) is 6.04. The topological polar surface area (TPSA) is 46.3 Å². The second-order valence-electron chi connectivity index (χ2n) is 6.36. The highest BCUT2D eigenvalue weighted by Crippen LogP contribution is 2.35. The molecular formula is C14H26N2O. The molecule has 1 amide bonds. The van der Waals surface area contributed by atoms with Gasteiger partial charge in [0.1, 0.15) is 0 Å². The zero-order valence-corrected chi connectivity index (χ0v) is 11.3. The van der Waals surface area contributed by atoms with Crippen molar-refractivity contribution in [2.45, 2.75) is 64.3 Å². The van der Waals surface area contributed by atoms with E-state index >= 15 is 0 Å². The lowest BCUT2D eigenvalue weighted by Gasteiger charge is -2.42. The first-order chi connectivity index (χ1) is 7.99. The molecule has 1 unspecified atom stereocenters. The van der Waals surface area contributed by atoms with E-state index in [-0.39, 0.29) is 5.91 Å². The maximum atomic E-state index is 12.5. The average molecular weight is 238 g/mol. The van der Waals surface area contributed by atoms with Crippen LogP contribution in [0.15, 0.2) is 0 Å². The molecule has 2 aliphatic rings. The van der Waals surface area contributed by atoms with Gasteiger partial charge >= 0.3 is 0 Å². The summed E-state index contributed by atoms with van der Waals surface area (Å²) in [6.45, 7) is 6.33. The van der Waals surface area contributed by atoms with E-state index < -0.39 is 5.54 Å². The van der Waals surface area contributed by atoms with E-state index in [0.29, 0.717) is 5.41 Å². The predicted molar refractivity (Wildman–Crippen MR) is 69.6 cm³/mol. The number of nitrogens with zero attached hydrogens (tertiary/aromatic N) is 1. The van der Waals surface area contributed by atoms with Crippen molar-refractivity contribution in [2.24, 2.45) is 11.1 Å². The Kier molecular flexibility index (Phi) is 3.48. The zero-order valence-electron chi connectivity index (χ0n) is 11.3. The standard InChI is InChI=1S/C14H26N2O/c1-3-13(2)7-6-10-16(11-13)12(17)14(15)8-4-5-9-14/h3-11,15H2,1-2H3. The van der Waals surface area contributed by atoms with Gasteiger partial charge in [0.15, 0.2) is 0 Å². The monoisotopic (exact) mass is 238 g/mol. The third kappa shape index (κ3) is 2.49. The largest absolute Gasteiger partial charge is 0.341 e. The molecule has 1 saturated heterocycles. The summed E-state index contributed by atoms with van der Waals surface area (Å²) < 4.78 is 0. The van der Waals surface area contributed by atoms with Crippen LogP contribution in [0.1, 0.15) is 58.8 Å². The van der Waals surface area contributed by atoms with Crippen LogP contribution in [0, 0.1) is 5.41 Å². The summed E-state index contributed by atoms with van der Waals surface area (Å²) in [7, 11) is 0. The molecule has 3 heteroatoms. The van der Waals surface area contributed by atoms with E-state index in [9.17, 15) is 4.79 Å². The van der Waals surface area contributed by atoms with E-state index in [0.717, 1.165) is 51.6 Å². The Morgan fingerprint density at radius 1 is 1.24 bits per heavy atom. The number of nitrogens with two attached hydrogens (primary N) is 1. The fourth-order valence-electron chi connectivity index (χ4n) is 3.31. The SMILES string of the molecule is CCC1(C)CCCN(C(=O)C2(N)CCCC2)C1. The van der Waals surface area contributed by atoms with Crippen LogP contribution in [0.25, 0.3) is 0 Å². The minimum atomic E-state index is -0.536. The molecule has 0 spiro atoms. The van der Waals surface area contributed by atoms with E-state index in [1.54, 1.807) is 0 Å². The molecular weight excluding hydrogens is 212 g/mol. The maximum absolute atomic E-state index is 12.5. The molecule has 98 valence electrons. The molecule has 1 saturated carbocycles. The Labute approximate surface area is 105 Å². The first-order valence-electron chi connectivity index (χ1n) is 7.07. The summed E-state index contributed by atoms with van der Waals surface area (Å²) in [5.74, 6) is 0.217. The molecule has 0 bridgehead atoms. The number of amides is 1. The number of carbonyl (C=O) groups excluding carboxylic acids is 1. The van der Waals surface area contributed by atoms with Crippen LogP contribution in [0.4, 0.5) is 0 Å². The predicted octanol–water partition coefficient (Wildman–Crippen LogP) is 2.30. The van der Waals surface area contributed by atoms with Crippen LogP contribution in [0.3, 0.4) is 0 Å². The van der Waals surface area contributed by atoms with Gasteiger partial charge in [-0.1, -0.05) is 26.7 Å². The number of likely N-dealkylation sites (tertiary alicyclic amines) is 1. The molecule has 1 aliphatic heterocycles. The smallest absolute Gasteiger partial charge is 0.242 e. The van der Waals surface area contributed by atoms with E-state index in [2.05, 4.69) is 13.8 Å². The summed E-state index contributed by atoms with van der Waals surface area (Å²) >= 11 is 0. The van der Waals surface area contributed by atoms with Gasteiger partial charge in [0.05, 0.1) is 5.54 Å². The molecule has 0 radical (unpaired) electrons. The van der Waals surface area contributed by atoms with Crippen molar-refractivity contribution in [3.63, 3.8) is 0 Å². The van der Waals surface area contributed by atoms with Gasteiger partial charge in [0, 0.05) is 13.1 Å². The molecule has 17 heavy (non-hydrogen) atoms. The Morgan fingerprint density at radius 3 is 2.47 bits per heavy atom. The van der Waals surface area contributed by atoms with Crippen molar-refractivity contribution in [1.29, 1.82) is 0 Å². The van der Waals surface area contributed by atoms with Gasteiger partial charge in [-0.25, -0.2) is 0 Å². The van der Waals surface area contributed by atoms with Gasteiger partial charge < -0.3 is 10.6 Å². The van der Waals surface area contributed by atoms with Gasteiger partial charge in [-0.2, -0.15) is 0 Å². The van der Waals surface area contributed by atoms with Crippen molar-refractivity contribution in [3.05, 3.63) is 0 Å². The molecule has 1 atom stereocenters. The molecule has 2 N–H and O–H groups in total. The molecule has 0 aromatic heterocycles. The fraction of sp³-hybridized carbons (Fsp3) is 0.929. The van der Waals surface area contributed by atoms with Gasteiger partial charge in [-0.05, 0) is 37.5 Å². The van der Waals surface area contributed by atoms with Crippen molar-refractivity contribution in [3.8, 4) is 0 Å². The molecule has 1 aliphatic carbocycles. The van der Waals surface area contributed by atoms with Crippen LogP contribution in [0.2, 0.25) is 0 Å². The highest BCUT2D eigenvalue weighted by atomic mass is 16.2. The molecule has 2 fully saturated rings. The van der Waals surface area contributed by atoms with Crippen molar-refractivity contribution in [2.75, 3.05) is 13.1 Å². The lowest BCUT2D eigenvalue weighted by Crippen LogP contribution is -2.57. The van der Waals surface area contributed by atoms with Crippen molar-refractivity contribution in [1.82, 2.24) is 4.90 Å². The van der Waals surface area contributed by atoms with Gasteiger partial charge in [0.25, 0.3) is 0 Å². The number of hydrogen-bond acceptors (Lipinski definition) is 2. The molecule has 2 rings (SSSR count). The van der Waals surface area contributed by atoms with Gasteiger partial charge in [-0.15, -0.1) is 0 Å². The Balaban J connectivity index is 2.04. The highest BCUT2D eigenvalue weighted by molar-refractivity contribution is 5.86. The third-order valence-corrected chi connectivity index (χ3v) is 4.84. The second-order valence-corrected chi connectivity index (χ2v) is 6.36. The normalized spacial score (nSPS) is 32.8. The Bertz CT molecular complexity index is 297. The Hall–Kier alpha value is -0.570. The van der Waals surface area contributed by atoms with Crippen molar-refractivity contribution >= 4 is 5.91 Å². The maximum Gasteiger partial charge on any atom is 0.242 e. The van der Waals surface area contributed by atoms with Crippen LogP contribution < -0.4 is 5.73 Å². The summed E-state index contributed by atoms with van der Waals surface area (Å²) in [5, 5.41) is 0. The molecule has 3 nitrogen and oxygen atoms in total. The molecule has 1 heterocycles. The second kappa shape index (κ2) is 4.60. The number of hydrogen-bond donors (Lipinski definition) is 1. The quantitative estimate of drug-likeness (QED) is 0.802. The third-order valence-electron chi connectivity index (χ3n) is 4.84.